The first-order valence-corrected chi connectivity index (χ1v) is 16.1. The first kappa shape index (κ1) is 34.2. The molecule has 0 heterocycles. The summed E-state index contributed by atoms with van der Waals surface area (Å²) >= 11 is 0. The van der Waals surface area contributed by atoms with Gasteiger partial charge in [0, 0.05) is 0 Å². The third-order valence-corrected chi connectivity index (χ3v) is 7.59. The van der Waals surface area contributed by atoms with Gasteiger partial charge in [0.15, 0.2) is 0 Å². The number of hydrogen-bond donors (Lipinski definition) is 0. The summed E-state index contributed by atoms with van der Waals surface area (Å²) in [4.78, 5) is 25.3. The Morgan fingerprint density at radius 1 is 0.579 bits per heavy atom. The molecule has 4 nitrogen and oxygen atoms in total. The fraction of sp³-hybridized carbons (Fsp3) is 0.765. The highest BCUT2D eigenvalue weighted by atomic mass is 16.5. The summed E-state index contributed by atoms with van der Waals surface area (Å²) in [6, 6.07) is 6.83. The molecule has 1 atom stereocenters. The van der Waals surface area contributed by atoms with Crippen LogP contribution >= 0.6 is 0 Å². The highest BCUT2D eigenvalue weighted by Crippen LogP contribution is 2.17. The lowest BCUT2D eigenvalue weighted by Crippen LogP contribution is -2.17. The summed E-state index contributed by atoms with van der Waals surface area (Å²) < 4.78 is 11.1. The van der Waals surface area contributed by atoms with Gasteiger partial charge in [-0.25, -0.2) is 9.59 Å². The molecule has 0 aromatic heterocycles. The van der Waals surface area contributed by atoms with Crippen LogP contribution in [0.15, 0.2) is 24.3 Å². The lowest BCUT2D eigenvalue weighted by atomic mass is 10.0. The molecule has 0 aliphatic rings. The van der Waals surface area contributed by atoms with Crippen molar-refractivity contribution in [3.63, 3.8) is 0 Å². The molecule has 0 saturated carbocycles. The highest BCUT2D eigenvalue weighted by Gasteiger charge is 2.20. The van der Waals surface area contributed by atoms with Crippen molar-refractivity contribution in [2.75, 3.05) is 13.2 Å². The van der Waals surface area contributed by atoms with E-state index in [1.165, 1.54) is 89.9 Å². The Bertz CT molecular complexity index is 714. The fourth-order valence-electron chi connectivity index (χ4n) is 4.90. The molecule has 0 spiro atoms. The van der Waals surface area contributed by atoms with Crippen molar-refractivity contribution in [2.24, 2.45) is 5.92 Å². The second-order valence-electron chi connectivity index (χ2n) is 11.0. The third kappa shape index (κ3) is 16.9. The van der Waals surface area contributed by atoms with E-state index in [9.17, 15) is 9.59 Å². The topological polar surface area (TPSA) is 52.6 Å². The van der Waals surface area contributed by atoms with Crippen molar-refractivity contribution in [1.29, 1.82) is 0 Å². The second-order valence-corrected chi connectivity index (χ2v) is 11.0. The van der Waals surface area contributed by atoms with Crippen LogP contribution in [0.25, 0.3) is 0 Å². The van der Waals surface area contributed by atoms with Crippen molar-refractivity contribution in [2.45, 2.75) is 149 Å². The predicted molar refractivity (Wildman–Crippen MR) is 160 cm³/mol. The summed E-state index contributed by atoms with van der Waals surface area (Å²) in [6.45, 7) is 7.37. The van der Waals surface area contributed by atoms with E-state index in [1.54, 1.807) is 24.3 Å². The third-order valence-electron chi connectivity index (χ3n) is 7.59. The molecule has 0 aliphatic heterocycles. The molecule has 0 saturated heterocycles. The maximum absolute atomic E-state index is 12.7. The molecule has 0 radical (unpaired) electrons. The number of ether oxygens (including phenoxy) is 2. The zero-order chi connectivity index (χ0) is 27.7. The number of unbranched alkanes of at least 4 members (excludes halogenated alkanes) is 16. The van der Waals surface area contributed by atoms with Crippen LogP contribution in [-0.2, 0) is 9.47 Å². The molecule has 38 heavy (non-hydrogen) atoms. The normalized spacial score (nSPS) is 11.9. The van der Waals surface area contributed by atoms with Crippen LogP contribution in [0.3, 0.4) is 0 Å². The van der Waals surface area contributed by atoms with Crippen LogP contribution in [0, 0.1) is 5.92 Å². The molecule has 1 aromatic carbocycles. The molecule has 1 rings (SSSR count). The van der Waals surface area contributed by atoms with E-state index in [0.29, 0.717) is 30.3 Å². The van der Waals surface area contributed by atoms with Gasteiger partial charge < -0.3 is 9.47 Å². The predicted octanol–water partition coefficient (Wildman–Crippen LogP) is 10.5. The van der Waals surface area contributed by atoms with Crippen LogP contribution in [-0.4, -0.2) is 25.2 Å². The number of esters is 2. The van der Waals surface area contributed by atoms with E-state index in [4.69, 9.17) is 9.47 Å². The van der Waals surface area contributed by atoms with E-state index in [2.05, 4.69) is 20.8 Å². The van der Waals surface area contributed by atoms with Crippen molar-refractivity contribution in [3.05, 3.63) is 35.4 Å². The Hall–Kier alpha value is -1.84. The fourth-order valence-corrected chi connectivity index (χ4v) is 4.90. The van der Waals surface area contributed by atoms with E-state index in [-0.39, 0.29) is 0 Å². The van der Waals surface area contributed by atoms with Crippen LogP contribution in [0.5, 0.6) is 0 Å². The first-order valence-electron chi connectivity index (χ1n) is 16.1. The monoisotopic (exact) mass is 530 g/mol. The molecule has 1 unspecified atom stereocenters. The molecule has 0 fully saturated rings. The SMILES string of the molecule is CCCCCCCCCCCCCCCCCCOC(=O)c1ccccc1C(=O)OCC(CC)CCCC. The second kappa shape index (κ2) is 24.2. The molecular formula is C34H58O4. The van der Waals surface area contributed by atoms with Gasteiger partial charge in [0.2, 0.25) is 0 Å². The zero-order valence-corrected chi connectivity index (χ0v) is 25.1. The average molecular weight is 531 g/mol. The summed E-state index contributed by atoms with van der Waals surface area (Å²) in [6.07, 6.45) is 25.3. The molecule has 218 valence electrons. The quantitative estimate of drug-likeness (QED) is 0.0931. The molecule has 0 amide bonds. The minimum Gasteiger partial charge on any atom is -0.462 e. The molecule has 0 bridgehead atoms. The van der Waals surface area contributed by atoms with Crippen LogP contribution in [0.1, 0.15) is 170 Å². The Kier molecular flexibility index (Phi) is 21.8. The maximum atomic E-state index is 12.7. The van der Waals surface area contributed by atoms with E-state index >= 15 is 0 Å². The van der Waals surface area contributed by atoms with Crippen molar-refractivity contribution in [1.82, 2.24) is 0 Å². The van der Waals surface area contributed by atoms with Crippen molar-refractivity contribution >= 4 is 11.9 Å². The summed E-state index contributed by atoms with van der Waals surface area (Å²) in [5.41, 5.74) is 0.602. The maximum Gasteiger partial charge on any atom is 0.339 e. The van der Waals surface area contributed by atoms with Gasteiger partial charge in [0.1, 0.15) is 0 Å². The first-order chi connectivity index (χ1) is 18.6. The van der Waals surface area contributed by atoms with Gasteiger partial charge in [0.05, 0.1) is 24.3 Å². The zero-order valence-electron chi connectivity index (χ0n) is 25.1. The standard InChI is InChI=1S/C34H58O4/c1-4-7-9-10-11-12-13-14-15-16-17-18-19-20-21-24-28-37-33(35)31-26-22-23-27-32(31)34(36)38-29-30(6-3)25-8-5-2/h22-23,26-27,30H,4-21,24-25,28-29H2,1-3H3. The lowest BCUT2D eigenvalue weighted by molar-refractivity contribution is 0.0404. The van der Waals surface area contributed by atoms with Gasteiger partial charge in [-0.05, 0) is 30.9 Å². The van der Waals surface area contributed by atoms with Gasteiger partial charge in [-0.1, -0.05) is 148 Å². The van der Waals surface area contributed by atoms with Crippen molar-refractivity contribution < 1.29 is 19.1 Å². The van der Waals surface area contributed by atoms with Crippen LogP contribution in [0.2, 0.25) is 0 Å². The van der Waals surface area contributed by atoms with Crippen molar-refractivity contribution in [3.8, 4) is 0 Å². The van der Waals surface area contributed by atoms with E-state index < -0.39 is 11.9 Å². The molecule has 0 N–H and O–H groups in total. The molecule has 1 aromatic rings. The number of carbonyl (C=O) groups is 2. The van der Waals surface area contributed by atoms with Gasteiger partial charge in [-0.15, -0.1) is 0 Å². The Labute approximate surface area is 234 Å². The minimum absolute atomic E-state index is 0.301. The molecule has 0 aliphatic carbocycles. The number of hydrogen-bond acceptors (Lipinski definition) is 4. The lowest BCUT2D eigenvalue weighted by Gasteiger charge is -2.15. The van der Waals surface area contributed by atoms with E-state index in [1.807, 2.05) is 0 Å². The summed E-state index contributed by atoms with van der Waals surface area (Å²) in [7, 11) is 0. The molecular weight excluding hydrogens is 472 g/mol. The van der Waals surface area contributed by atoms with E-state index in [0.717, 1.165) is 38.5 Å². The average Bonchev–Trinajstić information content (AvgIpc) is 2.94. The number of rotatable bonds is 25. The molecule has 4 heteroatoms. The summed E-state index contributed by atoms with van der Waals surface area (Å²) in [5.74, 6) is -0.501. The highest BCUT2D eigenvalue weighted by molar-refractivity contribution is 6.03. The van der Waals surface area contributed by atoms with Gasteiger partial charge in [-0.3, -0.25) is 0 Å². The van der Waals surface area contributed by atoms with Gasteiger partial charge in [0.25, 0.3) is 0 Å². The van der Waals surface area contributed by atoms with Crippen LogP contribution < -0.4 is 0 Å². The Morgan fingerprint density at radius 2 is 1.00 bits per heavy atom. The summed E-state index contributed by atoms with van der Waals surface area (Å²) in [5, 5.41) is 0. The smallest absolute Gasteiger partial charge is 0.339 e. The Morgan fingerprint density at radius 3 is 1.45 bits per heavy atom. The number of carbonyl (C=O) groups excluding carboxylic acids is 2. The van der Waals surface area contributed by atoms with Crippen LogP contribution in [0.4, 0.5) is 0 Å². The largest absolute Gasteiger partial charge is 0.462 e. The Balaban J connectivity index is 2.12. The minimum atomic E-state index is -0.435. The van der Waals surface area contributed by atoms with Gasteiger partial charge in [-0.2, -0.15) is 0 Å². The van der Waals surface area contributed by atoms with Gasteiger partial charge >= 0.3 is 11.9 Å². The number of benzene rings is 1.